The topological polar surface area (TPSA) is 102 Å². The Labute approximate surface area is 186 Å². The van der Waals surface area contributed by atoms with E-state index in [1.165, 1.54) is 5.56 Å². The summed E-state index contributed by atoms with van der Waals surface area (Å²) in [6.45, 7) is 11.2. The van der Waals surface area contributed by atoms with E-state index in [2.05, 4.69) is 39.9 Å². The van der Waals surface area contributed by atoms with E-state index >= 15 is 0 Å². The van der Waals surface area contributed by atoms with Crippen LogP contribution in [0.25, 0.3) is 0 Å². The minimum atomic E-state index is -0.739. The van der Waals surface area contributed by atoms with Gasteiger partial charge in [0.1, 0.15) is 0 Å². The Kier molecular flexibility index (Phi) is 8.28. The summed E-state index contributed by atoms with van der Waals surface area (Å²) in [4.78, 5) is 23.6. The lowest BCUT2D eigenvalue weighted by Gasteiger charge is -2.49. The summed E-state index contributed by atoms with van der Waals surface area (Å²) in [5, 5.41) is 13.4. The van der Waals surface area contributed by atoms with Crippen LogP contribution in [0, 0.1) is 11.3 Å². The Hall–Kier alpha value is -1.92. The molecule has 0 aliphatic heterocycles. The molecule has 0 heterocycles. The standard InChI is InChI=1S/C25H40N2O4/c1-7-25(8-2)19-13-17(22(26)28)10-9-16(19)14-20(31-6)21(25)27-12-11-18(23(29)30)15-24(3,4)5/h9-10,13,18,20-21,27H,7-8,11-12,14-15H2,1-6H3,(H2,26,28)(H,29,30)/t18-,20+,21+/m0/s1. The van der Waals surface area contributed by atoms with Crippen molar-refractivity contribution in [2.45, 2.75) is 84.3 Å². The first kappa shape index (κ1) is 25.3. The molecule has 3 atom stereocenters. The van der Waals surface area contributed by atoms with Crippen molar-refractivity contribution in [2.24, 2.45) is 17.1 Å². The summed E-state index contributed by atoms with van der Waals surface area (Å²) < 4.78 is 5.91. The normalized spacial score (nSPS) is 21.4. The Morgan fingerprint density at radius 3 is 2.42 bits per heavy atom. The van der Waals surface area contributed by atoms with Crippen LogP contribution in [-0.2, 0) is 21.4 Å². The highest BCUT2D eigenvalue weighted by Gasteiger charge is 2.46. The van der Waals surface area contributed by atoms with Crippen LogP contribution >= 0.6 is 0 Å². The van der Waals surface area contributed by atoms with Gasteiger partial charge in [-0.05, 0) is 60.9 Å². The molecule has 6 heteroatoms. The van der Waals surface area contributed by atoms with Crippen LogP contribution in [-0.4, -0.2) is 42.8 Å². The first-order valence-electron chi connectivity index (χ1n) is 11.4. The fraction of sp³-hybridized carbons (Fsp3) is 0.680. The number of carbonyl (C=O) groups excluding carboxylic acids is 1. The number of amides is 1. The number of ether oxygens (including phenoxy) is 1. The summed E-state index contributed by atoms with van der Waals surface area (Å²) in [7, 11) is 1.73. The molecule has 1 aromatic carbocycles. The second kappa shape index (κ2) is 10.1. The van der Waals surface area contributed by atoms with Gasteiger partial charge in [-0.2, -0.15) is 0 Å². The highest BCUT2D eigenvalue weighted by atomic mass is 16.5. The molecule has 1 amide bonds. The zero-order chi connectivity index (χ0) is 23.4. The molecule has 0 saturated carbocycles. The van der Waals surface area contributed by atoms with Gasteiger partial charge in [-0.25, -0.2) is 0 Å². The van der Waals surface area contributed by atoms with Gasteiger partial charge in [0.05, 0.1) is 12.0 Å². The number of aliphatic carboxylic acids is 1. The van der Waals surface area contributed by atoms with Crippen LogP contribution in [0.2, 0.25) is 0 Å². The number of rotatable bonds is 10. The Morgan fingerprint density at radius 2 is 1.94 bits per heavy atom. The molecule has 0 radical (unpaired) electrons. The molecule has 0 spiro atoms. The lowest BCUT2D eigenvalue weighted by Crippen LogP contribution is -2.59. The Balaban J connectivity index is 2.32. The number of carboxylic acid groups (broad SMARTS) is 1. The van der Waals surface area contributed by atoms with Crippen molar-refractivity contribution in [3.8, 4) is 0 Å². The number of carbonyl (C=O) groups is 2. The molecule has 0 aromatic heterocycles. The van der Waals surface area contributed by atoms with Crippen LogP contribution in [0.5, 0.6) is 0 Å². The molecule has 1 aromatic rings. The molecule has 0 fully saturated rings. The van der Waals surface area contributed by atoms with Gasteiger partial charge in [-0.1, -0.05) is 40.7 Å². The third-order valence-electron chi connectivity index (χ3n) is 6.95. The SMILES string of the molecule is CCC1(CC)c2cc(C(N)=O)ccc2C[C@@H](OC)[C@H]1NCC[C@@H](CC(C)(C)C)C(=O)O. The maximum absolute atomic E-state index is 11.8. The molecule has 0 saturated heterocycles. The number of methoxy groups -OCH3 is 1. The van der Waals surface area contributed by atoms with E-state index in [4.69, 9.17) is 10.5 Å². The number of hydrogen-bond acceptors (Lipinski definition) is 4. The number of primary amides is 1. The first-order chi connectivity index (χ1) is 14.5. The zero-order valence-corrected chi connectivity index (χ0v) is 20.0. The molecule has 31 heavy (non-hydrogen) atoms. The second-order valence-corrected chi connectivity index (χ2v) is 10.1. The van der Waals surface area contributed by atoms with Gasteiger partial charge >= 0.3 is 5.97 Å². The number of carboxylic acids is 1. The molecule has 6 nitrogen and oxygen atoms in total. The van der Waals surface area contributed by atoms with Gasteiger partial charge in [-0.3, -0.25) is 9.59 Å². The van der Waals surface area contributed by atoms with Crippen LogP contribution in [0.4, 0.5) is 0 Å². The molecule has 0 bridgehead atoms. The predicted molar refractivity (Wildman–Crippen MR) is 123 cm³/mol. The van der Waals surface area contributed by atoms with E-state index in [-0.39, 0.29) is 28.9 Å². The lowest BCUT2D eigenvalue weighted by atomic mass is 9.62. The number of hydrogen-bond donors (Lipinski definition) is 3. The largest absolute Gasteiger partial charge is 0.481 e. The van der Waals surface area contributed by atoms with Crippen molar-refractivity contribution in [3.63, 3.8) is 0 Å². The number of fused-ring (bicyclic) bond motifs is 1. The number of nitrogens with two attached hydrogens (primary N) is 1. The van der Waals surface area contributed by atoms with Crippen molar-refractivity contribution >= 4 is 11.9 Å². The second-order valence-electron chi connectivity index (χ2n) is 10.1. The van der Waals surface area contributed by atoms with Gasteiger partial charge in [0.2, 0.25) is 5.91 Å². The monoisotopic (exact) mass is 432 g/mol. The van der Waals surface area contributed by atoms with Crippen LogP contribution in [0.1, 0.15) is 81.8 Å². The summed E-state index contributed by atoms with van der Waals surface area (Å²) in [6.07, 6.45) is 3.67. The minimum absolute atomic E-state index is 0.0206. The van der Waals surface area contributed by atoms with E-state index < -0.39 is 11.9 Å². The summed E-state index contributed by atoms with van der Waals surface area (Å²) in [5.74, 6) is -1.55. The van der Waals surface area contributed by atoms with Crippen LogP contribution in [0.3, 0.4) is 0 Å². The summed E-state index contributed by atoms with van der Waals surface area (Å²) >= 11 is 0. The molecule has 174 valence electrons. The van der Waals surface area contributed by atoms with Crippen molar-refractivity contribution in [1.29, 1.82) is 0 Å². The maximum atomic E-state index is 11.8. The number of nitrogens with one attached hydrogen (secondary N) is 1. The minimum Gasteiger partial charge on any atom is -0.481 e. The highest BCUT2D eigenvalue weighted by molar-refractivity contribution is 5.93. The van der Waals surface area contributed by atoms with E-state index in [0.29, 0.717) is 24.9 Å². The smallest absolute Gasteiger partial charge is 0.306 e. The molecule has 0 unspecified atom stereocenters. The van der Waals surface area contributed by atoms with E-state index in [1.807, 2.05) is 12.1 Å². The van der Waals surface area contributed by atoms with Gasteiger partial charge < -0.3 is 20.9 Å². The molecular weight excluding hydrogens is 392 g/mol. The average Bonchev–Trinajstić information content (AvgIpc) is 2.70. The maximum Gasteiger partial charge on any atom is 0.306 e. The Morgan fingerprint density at radius 1 is 1.29 bits per heavy atom. The molecule has 2 rings (SSSR count). The van der Waals surface area contributed by atoms with E-state index in [0.717, 1.165) is 24.8 Å². The highest BCUT2D eigenvalue weighted by Crippen LogP contribution is 2.44. The van der Waals surface area contributed by atoms with Crippen molar-refractivity contribution in [3.05, 3.63) is 34.9 Å². The predicted octanol–water partition coefficient (Wildman–Crippen LogP) is 3.90. The quantitative estimate of drug-likeness (QED) is 0.520. The fourth-order valence-corrected chi connectivity index (χ4v) is 5.31. The fourth-order valence-electron chi connectivity index (χ4n) is 5.31. The van der Waals surface area contributed by atoms with Crippen molar-refractivity contribution in [1.82, 2.24) is 5.32 Å². The molecule has 1 aliphatic carbocycles. The third-order valence-corrected chi connectivity index (χ3v) is 6.95. The zero-order valence-electron chi connectivity index (χ0n) is 20.0. The van der Waals surface area contributed by atoms with Gasteiger partial charge in [0.15, 0.2) is 0 Å². The van der Waals surface area contributed by atoms with Gasteiger partial charge in [-0.15, -0.1) is 0 Å². The van der Waals surface area contributed by atoms with E-state index in [9.17, 15) is 14.7 Å². The first-order valence-corrected chi connectivity index (χ1v) is 11.4. The van der Waals surface area contributed by atoms with Gasteiger partial charge in [0.25, 0.3) is 0 Å². The molecule has 4 N–H and O–H groups in total. The summed E-state index contributed by atoms with van der Waals surface area (Å²) in [6, 6.07) is 5.76. The van der Waals surface area contributed by atoms with Crippen LogP contribution in [0.15, 0.2) is 18.2 Å². The molecular formula is C25H40N2O4. The van der Waals surface area contributed by atoms with Gasteiger partial charge in [0, 0.05) is 30.6 Å². The Bertz CT molecular complexity index is 780. The lowest BCUT2D eigenvalue weighted by molar-refractivity contribution is -0.143. The third kappa shape index (κ3) is 5.66. The number of benzene rings is 1. The molecule has 1 aliphatic rings. The van der Waals surface area contributed by atoms with Crippen LogP contribution < -0.4 is 11.1 Å². The van der Waals surface area contributed by atoms with Crippen molar-refractivity contribution in [2.75, 3.05) is 13.7 Å². The average molecular weight is 433 g/mol. The summed E-state index contributed by atoms with van der Waals surface area (Å²) in [5.41, 5.74) is 8.18. The van der Waals surface area contributed by atoms with Crippen molar-refractivity contribution < 1.29 is 19.4 Å². The van der Waals surface area contributed by atoms with E-state index in [1.54, 1.807) is 13.2 Å².